The van der Waals surface area contributed by atoms with Crippen LogP contribution in [0.3, 0.4) is 0 Å². The van der Waals surface area contributed by atoms with Crippen LogP contribution in [-0.2, 0) is 6.42 Å². The highest BCUT2D eigenvalue weighted by atomic mass is 79.9. The summed E-state index contributed by atoms with van der Waals surface area (Å²) in [7, 11) is 0. The van der Waals surface area contributed by atoms with Gasteiger partial charge in [0.2, 0.25) is 0 Å². The zero-order chi connectivity index (χ0) is 14.0. The fourth-order valence-electron chi connectivity index (χ4n) is 1.90. The lowest BCUT2D eigenvalue weighted by molar-refractivity contribution is 0.553. The first-order valence-corrected chi connectivity index (χ1v) is 7.05. The monoisotopic (exact) mass is 344 g/mol. The molecule has 0 aliphatic rings. The van der Waals surface area contributed by atoms with Crippen molar-refractivity contribution in [1.29, 1.82) is 0 Å². The van der Waals surface area contributed by atoms with Crippen molar-refractivity contribution >= 4 is 27.5 Å². The molecule has 0 aromatic heterocycles. The third-order valence-corrected chi connectivity index (χ3v) is 4.01. The van der Waals surface area contributed by atoms with Gasteiger partial charge < -0.3 is 0 Å². The smallest absolute Gasteiger partial charge is 0.129 e. The van der Waals surface area contributed by atoms with Crippen LogP contribution in [0.5, 0.6) is 0 Å². The Kier molecular flexibility index (Phi) is 4.58. The van der Waals surface area contributed by atoms with Crippen LogP contribution in [0.2, 0.25) is 0 Å². The third-order valence-electron chi connectivity index (χ3n) is 2.94. The third kappa shape index (κ3) is 3.34. The second kappa shape index (κ2) is 6.02. The molecular weight excluding hydrogens is 334 g/mol. The summed E-state index contributed by atoms with van der Waals surface area (Å²) >= 11 is 9.71. The molecule has 0 spiro atoms. The molecule has 0 amide bonds. The highest BCUT2D eigenvalue weighted by Crippen LogP contribution is 2.32. The summed E-state index contributed by atoms with van der Waals surface area (Å²) in [5.41, 5.74) is 1.95. The van der Waals surface area contributed by atoms with Crippen molar-refractivity contribution in [2.75, 3.05) is 0 Å². The normalized spacial score (nSPS) is 12.5. The van der Waals surface area contributed by atoms with E-state index in [1.165, 1.54) is 18.2 Å². The number of aryl methyl sites for hydroxylation is 1. The van der Waals surface area contributed by atoms with Gasteiger partial charge in [-0.3, -0.25) is 0 Å². The molecule has 0 aliphatic heterocycles. The molecule has 0 heterocycles. The molecular formula is C15H12BrClF2. The second-order valence-corrected chi connectivity index (χ2v) is 5.78. The molecule has 0 saturated heterocycles. The van der Waals surface area contributed by atoms with E-state index < -0.39 is 17.0 Å². The Morgan fingerprint density at radius 1 is 1.16 bits per heavy atom. The quantitative estimate of drug-likeness (QED) is 0.639. The lowest BCUT2D eigenvalue weighted by atomic mass is 10.0. The van der Waals surface area contributed by atoms with E-state index in [0.717, 1.165) is 15.6 Å². The van der Waals surface area contributed by atoms with Crippen LogP contribution in [0, 0.1) is 18.6 Å². The van der Waals surface area contributed by atoms with E-state index in [4.69, 9.17) is 11.6 Å². The van der Waals surface area contributed by atoms with Crippen molar-refractivity contribution in [3.63, 3.8) is 0 Å². The number of rotatable bonds is 3. The van der Waals surface area contributed by atoms with E-state index in [-0.39, 0.29) is 12.0 Å². The maximum atomic E-state index is 13.6. The predicted molar refractivity (Wildman–Crippen MR) is 77.5 cm³/mol. The van der Waals surface area contributed by atoms with Crippen LogP contribution < -0.4 is 0 Å². The number of alkyl halides is 1. The highest BCUT2D eigenvalue weighted by molar-refractivity contribution is 9.10. The molecule has 0 fully saturated rings. The molecule has 2 aromatic rings. The van der Waals surface area contributed by atoms with Gasteiger partial charge in [-0.1, -0.05) is 34.1 Å². The number of benzene rings is 2. The topological polar surface area (TPSA) is 0 Å². The van der Waals surface area contributed by atoms with Crippen LogP contribution in [0.25, 0.3) is 0 Å². The Labute approximate surface area is 124 Å². The molecule has 0 bridgehead atoms. The van der Waals surface area contributed by atoms with Crippen LogP contribution in [-0.4, -0.2) is 0 Å². The molecule has 1 unspecified atom stereocenters. The summed E-state index contributed by atoms with van der Waals surface area (Å²) < 4.78 is 28.0. The first-order chi connectivity index (χ1) is 8.99. The Balaban J connectivity index is 2.28. The SMILES string of the molecule is Cc1ccc(C(Cl)Cc2c(F)cccc2F)c(Br)c1. The summed E-state index contributed by atoms with van der Waals surface area (Å²) in [6.45, 7) is 1.97. The molecule has 1 atom stereocenters. The van der Waals surface area contributed by atoms with Crippen molar-refractivity contribution in [2.45, 2.75) is 18.7 Å². The summed E-state index contributed by atoms with van der Waals surface area (Å²) in [4.78, 5) is 0. The first kappa shape index (κ1) is 14.5. The van der Waals surface area contributed by atoms with E-state index in [1.54, 1.807) is 0 Å². The average Bonchev–Trinajstić information content (AvgIpc) is 2.33. The van der Waals surface area contributed by atoms with Gasteiger partial charge in [0.15, 0.2) is 0 Å². The summed E-state index contributed by atoms with van der Waals surface area (Å²) in [6, 6.07) is 9.56. The minimum atomic E-state index is -0.561. The first-order valence-electron chi connectivity index (χ1n) is 5.82. The van der Waals surface area contributed by atoms with Gasteiger partial charge in [0.25, 0.3) is 0 Å². The van der Waals surface area contributed by atoms with Gasteiger partial charge >= 0.3 is 0 Å². The minimum Gasteiger partial charge on any atom is -0.207 e. The van der Waals surface area contributed by atoms with Crippen LogP contribution in [0.15, 0.2) is 40.9 Å². The molecule has 0 saturated carbocycles. The van der Waals surface area contributed by atoms with Crippen LogP contribution in [0.1, 0.15) is 22.1 Å². The number of halogens is 4. The molecule has 4 heteroatoms. The summed E-state index contributed by atoms with van der Waals surface area (Å²) in [6.07, 6.45) is 0.113. The Hall–Kier alpha value is -0.930. The maximum absolute atomic E-state index is 13.6. The van der Waals surface area contributed by atoms with Crippen LogP contribution >= 0.6 is 27.5 Å². The lowest BCUT2D eigenvalue weighted by Crippen LogP contribution is -2.02. The van der Waals surface area contributed by atoms with Crippen molar-refractivity contribution in [3.05, 3.63) is 69.2 Å². The van der Waals surface area contributed by atoms with E-state index in [1.807, 2.05) is 25.1 Å². The molecule has 0 radical (unpaired) electrons. The highest BCUT2D eigenvalue weighted by Gasteiger charge is 2.17. The fraction of sp³-hybridized carbons (Fsp3) is 0.200. The Morgan fingerprint density at radius 3 is 2.37 bits per heavy atom. The van der Waals surface area contributed by atoms with Gasteiger partial charge in [-0.2, -0.15) is 0 Å². The molecule has 100 valence electrons. The zero-order valence-corrected chi connectivity index (χ0v) is 12.6. The van der Waals surface area contributed by atoms with Crippen molar-refractivity contribution < 1.29 is 8.78 Å². The molecule has 0 N–H and O–H groups in total. The molecule has 19 heavy (non-hydrogen) atoms. The van der Waals surface area contributed by atoms with E-state index in [9.17, 15) is 8.78 Å². The standard InChI is InChI=1S/C15H12BrClF2/c1-9-5-6-10(12(16)7-9)13(17)8-11-14(18)3-2-4-15(11)19/h2-7,13H,8H2,1H3. The van der Waals surface area contributed by atoms with Gasteiger partial charge in [-0.25, -0.2) is 8.78 Å². The van der Waals surface area contributed by atoms with E-state index in [0.29, 0.717) is 0 Å². The van der Waals surface area contributed by atoms with Gasteiger partial charge in [0.05, 0.1) is 5.38 Å². The molecule has 2 aromatic carbocycles. The van der Waals surface area contributed by atoms with E-state index in [2.05, 4.69) is 15.9 Å². The minimum absolute atomic E-state index is 0.0231. The van der Waals surface area contributed by atoms with Crippen molar-refractivity contribution in [2.24, 2.45) is 0 Å². The zero-order valence-electron chi connectivity index (χ0n) is 10.3. The maximum Gasteiger partial charge on any atom is 0.129 e. The molecule has 0 nitrogen and oxygen atoms in total. The molecule has 0 aliphatic carbocycles. The van der Waals surface area contributed by atoms with Gasteiger partial charge in [0.1, 0.15) is 11.6 Å². The Morgan fingerprint density at radius 2 is 1.79 bits per heavy atom. The largest absolute Gasteiger partial charge is 0.207 e. The van der Waals surface area contributed by atoms with Gasteiger partial charge in [-0.05, 0) is 42.7 Å². The van der Waals surface area contributed by atoms with Gasteiger partial charge in [0, 0.05) is 10.0 Å². The van der Waals surface area contributed by atoms with Gasteiger partial charge in [-0.15, -0.1) is 11.6 Å². The lowest BCUT2D eigenvalue weighted by Gasteiger charge is -2.13. The summed E-state index contributed by atoms with van der Waals surface area (Å²) in [5.74, 6) is -1.12. The summed E-state index contributed by atoms with van der Waals surface area (Å²) in [5, 5.41) is -0.485. The number of hydrogen-bond acceptors (Lipinski definition) is 0. The predicted octanol–water partition coefficient (Wildman–Crippen LogP) is 5.56. The number of hydrogen-bond donors (Lipinski definition) is 0. The fourth-order valence-corrected chi connectivity index (χ4v) is 3.15. The average molecular weight is 346 g/mol. The van der Waals surface area contributed by atoms with E-state index >= 15 is 0 Å². The van der Waals surface area contributed by atoms with Crippen molar-refractivity contribution in [3.8, 4) is 0 Å². The van der Waals surface area contributed by atoms with Crippen molar-refractivity contribution in [1.82, 2.24) is 0 Å². The Bertz CT molecular complexity index is 578. The van der Waals surface area contributed by atoms with Crippen LogP contribution in [0.4, 0.5) is 8.78 Å². The second-order valence-electron chi connectivity index (χ2n) is 4.40. The molecule has 2 rings (SSSR count).